The average Bonchev–Trinajstić information content (AvgIpc) is 2.56. The van der Waals surface area contributed by atoms with E-state index < -0.39 is 12.1 Å². The number of aliphatic hydroxyl groups excluding tert-OH is 1. The molecular weight excluding hydrogens is 343 g/mol. The molecule has 1 N–H and O–H groups in total. The smallest absolute Gasteiger partial charge is 0.409 e. The van der Waals surface area contributed by atoms with Gasteiger partial charge in [-0.1, -0.05) is 29.3 Å². The number of aliphatic hydroxyl groups is 1. The lowest BCUT2D eigenvalue weighted by molar-refractivity contribution is -0.136. The number of hydrogen-bond donors (Lipinski definition) is 1. The van der Waals surface area contributed by atoms with Crippen molar-refractivity contribution in [1.82, 2.24) is 9.80 Å². The first-order chi connectivity index (χ1) is 11.0. The van der Waals surface area contributed by atoms with Gasteiger partial charge in [-0.2, -0.15) is 0 Å². The molecule has 1 atom stereocenters. The number of ether oxygens (including phenoxy) is 1. The molecule has 1 aliphatic heterocycles. The Morgan fingerprint density at radius 1 is 1.30 bits per heavy atom. The van der Waals surface area contributed by atoms with Crippen molar-refractivity contribution in [2.75, 3.05) is 33.4 Å². The van der Waals surface area contributed by atoms with Gasteiger partial charge in [-0.15, -0.1) is 0 Å². The number of hydrogen-bond acceptors (Lipinski definition) is 4. The summed E-state index contributed by atoms with van der Waals surface area (Å²) in [6.07, 6.45) is -0.300. The van der Waals surface area contributed by atoms with Crippen LogP contribution in [0.15, 0.2) is 18.2 Å². The van der Waals surface area contributed by atoms with Crippen molar-refractivity contribution in [1.29, 1.82) is 0 Å². The SMILES string of the molecule is COC(=O)N1CCN(C(=O)Cc2ccc(Cl)c(Cl)c2)[C@H](CO)C1. The summed E-state index contributed by atoms with van der Waals surface area (Å²) in [5, 5.41) is 10.3. The van der Waals surface area contributed by atoms with Crippen LogP contribution in [-0.4, -0.2) is 66.3 Å². The number of carbonyl (C=O) groups is 2. The number of halogens is 2. The maximum Gasteiger partial charge on any atom is 0.409 e. The van der Waals surface area contributed by atoms with Crippen LogP contribution in [0.3, 0.4) is 0 Å². The lowest BCUT2D eigenvalue weighted by Crippen LogP contribution is -2.58. The van der Waals surface area contributed by atoms with Gasteiger partial charge in [0.15, 0.2) is 0 Å². The van der Waals surface area contributed by atoms with Gasteiger partial charge in [-0.3, -0.25) is 4.79 Å². The minimum atomic E-state index is -0.458. The summed E-state index contributed by atoms with van der Waals surface area (Å²) in [6.45, 7) is 0.744. The van der Waals surface area contributed by atoms with E-state index in [0.717, 1.165) is 5.56 Å². The predicted molar refractivity (Wildman–Crippen MR) is 86.7 cm³/mol. The Labute approximate surface area is 144 Å². The predicted octanol–water partition coefficient (Wildman–Crippen LogP) is 1.81. The zero-order chi connectivity index (χ0) is 17.0. The number of amides is 2. The minimum Gasteiger partial charge on any atom is -0.453 e. The first kappa shape index (κ1) is 17.8. The summed E-state index contributed by atoms with van der Waals surface area (Å²) >= 11 is 11.8. The summed E-state index contributed by atoms with van der Waals surface area (Å²) in [4.78, 5) is 27.1. The second-order valence-electron chi connectivity index (χ2n) is 5.26. The van der Waals surface area contributed by atoms with E-state index in [1.54, 1.807) is 23.1 Å². The molecule has 1 saturated heterocycles. The number of piperazine rings is 1. The number of benzene rings is 1. The molecule has 2 amide bonds. The molecule has 6 nitrogen and oxygen atoms in total. The molecule has 126 valence electrons. The Morgan fingerprint density at radius 3 is 2.65 bits per heavy atom. The van der Waals surface area contributed by atoms with Gasteiger partial charge in [0.05, 0.1) is 36.2 Å². The maximum atomic E-state index is 12.5. The molecule has 1 aromatic carbocycles. The summed E-state index contributed by atoms with van der Waals surface area (Å²) in [6, 6.07) is 4.59. The maximum absolute atomic E-state index is 12.5. The fourth-order valence-electron chi connectivity index (χ4n) is 2.56. The summed E-state index contributed by atoms with van der Waals surface area (Å²) in [5.41, 5.74) is 0.747. The lowest BCUT2D eigenvalue weighted by Gasteiger charge is -2.40. The summed E-state index contributed by atoms with van der Waals surface area (Å²) < 4.78 is 4.67. The normalized spacial score (nSPS) is 18.0. The van der Waals surface area contributed by atoms with E-state index in [4.69, 9.17) is 23.2 Å². The molecule has 0 spiro atoms. The minimum absolute atomic E-state index is 0.132. The zero-order valence-corrected chi connectivity index (χ0v) is 14.2. The van der Waals surface area contributed by atoms with Gasteiger partial charge in [0.1, 0.15) is 0 Å². The Kier molecular flexibility index (Phi) is 6.10. The van der Waals surface area contributed by atoms with E-state index in [1.807, 2.05) is 0 Å². The first-order valence-corrected chi connectivity index (χ1v) is 7.89. The van der Waals surface area contributed by atoms with E-state index in [9.17, 15) is 14.7 Å². The van der Waals surface area contributed by atoms with Crippen LogP contribution >= 0.6 is 23.2 Å². The fraction of sp³-hybridized carbons (Fsp3) is 0.467. The molecule has 2 rings (SSSR count). The van der Waals surface area contributed by atoms with Crippen LogP contribution in [0.5, 0.6) is 0 Å². The van der Waals surface area contributed by atoms with Crippen LogP contribution in [0.1, 0.15) is 5.56 Å². The van der Waals surface area contributed by atoms with Crippen LogP contribution < -0.4 is 0 Å². The molecule has 1 aliphatic rings. The Morgan fingerprint density at radius 2 is 2.04 bits per heavy atom. The molecule has 1 heterocycles. The van der Waals surface area contributed by atoms with Gasteiger partial charge in [0.2, 0.25) is 5.91 Å². The van der Waals surface area contributed by atoms with E-state index in [-0.39, 0.29) is 25.5 Å². The highest BCUT2D eigenvalue weighted by molar-refractivity contribution is 6.42. The molecule has 0 bridgehead atoms. The highest BCUT2D eigenvalue weighted by Crippen LogP contribution is 2.23. The van der Waals surface area contributed by atoms with Crippen LogP contribution in [-0.2, 0) is 16.0 Å². The molecule has 0 aromatic heterocycles. The Hall–Kier alpha value is -1.50. The van der Waals surface area contributed by atoms with Crippen LogP contribution in [0.2, 0.25) is 10.0 Å². The number of carbonyl (C=O) groups excluding carboxylic acids is 2. The molecule has 0 radical (unpaired) electrons. The van der Waals surface area contributed by atoms with Gasteiger partial charge in [-0.25, -0.2) is 4.79 Å². The zero-order valence-electron chi connectivity index (χ0n) is 12.7. The molecule has 1 fully saturated rings. The van der Waals surface area contributed by atoms with Gasteiger partial charge in [0.25, 0.3) is 0 Å². The van der Waals surface area contributed by atoms with E-state index in [2.05, 4.69) is 4.74 Å². The molecule has 1 aromatic rings. The third-order valence-corrected chi connectivity index (χ3v) is 4.53. The lowest BCUT2D eigenvalue weighted by atomic mass is 10.1. The van der Waals surface area contributed by atoms with Gasteiger partial charge in [-0.05, 0) is 17.7 Å². The van der Waals surface area contributed by atoms with Crippen LogP contribution in [0, 0.1) is 0 Å². The molecule has 0 unspecified atom stereocenters. The first-order valence-electron chi connectivity index (χ1n) is 7.13. The van der Waals surface area contributed by atoms with Crippen molar-refractivity contribution in [3.63, 3.8) is 0 Å². The quantitative estimate of drug-likeness (QED) is 0.892. The highest BCUT2D eigenvalue weighted by atomic mass is 35.5. The third-order valence-electron chi connectivity index (χ3n) is 3.79. The van der Waals surface area contributed by atoms with Gasteiger partial charge in [0, 0.05) is 19.6 Å². The Bertz CT molecular complexity index is 597. The summed E-state index contributed by atoms with van der Waals surface area (Å²) in [5.74, 6) is -0.132. The number of nitrogens with zero attached hydrogens (tertiary/aromatic N) is 2. The van der Waals surface area contributed by atoms with Crippen molar-refractivity contribution >= 4 is 35.2 Å². The Balaban J connectivity index is 2.03. The second kappa shape index (κ2) is 7.86. The van der Waals surface area contributed by atoms with Crippen molar-refractivity contribution in [3.05, 3.63) is 33.8 Å². The van der Waals surface area contributed by atoms with Crippen LogP contribution in [0.25, 0.3) is 0 Å². The van der Waals surface area contributed by atoms with Crippen molar-refractivity contribution < 1.29 is 19.4 Å². The molecule has 8 heteroatoms. The molecule has 0 aliphatic carbocycles. The molecular formula is C15H18Cl2N2O4. The fourth-order valence-corrected chi connectivity index (χ4v) is 2.88. The topological polar surface area (TPSA) is 70.1 Å². The third kappa shape index (κ3) is 4.28. The van der Waals surface area contributed by atoms with Gasteiger partial charge < -0.3 is 19.6 Å². The second-order valence-corrected chi connectivity index (χ2v) is 6.08. The summed E-state index contributed by atoms with van der Waals surface area (Å²) in [7, 11) is 1.30. The molecule has 0 saturated carbocycles. The monoisotopic (exact) mass is 360 g/mol. The molecule has 23 heavy (non-hydrogen) atoms. The van der Waals surface area contributed by atoms with Crippen molar-refractivity contribution in [2.45, 2.75) is 12.5 Å². The van der Waals surface area contributed by atoms with E-state index in [1.165, 1.54) is 12.0 Å². The number of methoxy groups -OCH3 is 1. The van der Waals surface area contributed by atoms with Gasteiger partial charge >= 0.3 is 6.09 Å². The van der Waals surface area contributed by atoms with E-state index >= 15 is 0 Å². The van der Waals surface area contributed by atoms with E-state index in [0.29, 0.717) is 23.1 Å². The average molecular weight is 361 g/mol. The largest absolute Gasteiger partial charge is 0.453 e. The highest BCUT2D eigenvalue weighted by Gasteiger charge is 2.32. The standard InChI is InChI=1S/C15H18Cl2N2O4/c1-23-15(22)18-4-5-19(11(8-18)9-20)14(21)7-10-2-3-12(16)13(17)6-10/h2-3,6,11,20H,4-5,7-9H2,1H3/t11-/m0/s1. The van der Waals surface area contributed by atoms with Crippen molar-refractivity contribution in [3.8, 4) is 0 Å². The van der Waals surface area contributed by atoms with Crippen molar-refractivity contribution in [2.24, 2.45) is 0 Å². The van der Waals surface area contributed by atoms with Crippen LogP contribution in [0.4, 0.5) is 4.79 Å². The number of rotatable bonds is 3.